The minimum atomic E-state index is -0.0271. The number of aryl methyl sites for hydroxylation is 2. The summed E-state index contributed by atoms with van der Waals surface area (Å²) in [6, 6.07) is 0.613. The molecule has 1 amide bonds. The number of nitrogens with zero attached hydrogens (tertiary/aromatic N) is 2. The van der Waals surface area contributed by atoms with Gasteiger partial charge in [-0.15, -0.1) is 0 Å². The predicted molar refractivity (Wildman–Crippen MR) is 84.2 cm³/mol. The van der Waals surface area contributed by atoms with E-state index < -0.39 is 0 Å². The van der Waals surface area contributed by atoms with E-state index in [0.717, 1.165) is 37.2 Å². The molecule has 2 N–H and O–H groups in total. The minimum Gasteiger partial charge on any atom is -0.352 e. The van der Waals surface area contributed by atoms with Gasteiger partial charge in [0.25, 0.3) is 0 Å². The molecule has 3 atom stereocenters. The molecule has 2 rings (SSSR count). The molecule has 21 heavy (non-hydrogen) atoms. The van der Waals surface area contributed by atoms with E-state index >= 15 is 0 Å². The highest BCUT2D eigenvalue weighted by atomic mass is 16.1. The summed E-state index contributed by atoms with van der Waals surface area (Å²) in [5.74, 6) is 0.124. The maximum atomic E-state index is 12.4. The van der Waals surface area contributed by atoms with Crippen molar-refractivity contribution in [2.24, 2.45) is 13.0 Å². The van der Waals surface area contributed by atoms with Gasteiger partial charge < -0.3 is 10.6 Å². The average Bonchev–Trinajstić information content (AvgIpc) is 2.67. The van der Waals surface area contributed by atoms with Gasteiger partial charge in [-0.3, -0.25) is 9.48 Å². The Labute approximate surface area is 127 Å². The lowest BCUT2D eigenvalue weighted by Crippen LogP contribution is -2.53. The summed E-state index contributed by atoms with van der Waals surface area (Å²) in [6.07, 6.45) is 2.95. The Hall–Kier alpha value is -1.36. The molecular weight excluding hydrogens is 264 g/mol. The Bertz CT molecular complexity index is 509. The number of hydrogen-bond donors (Lipinski definition) is 2. The second kappa shape index (κ2) is 6.60. The fourth-order valence-electron chi connectivity index (χ4n) is 3.08. The van der Waals surface area contributed by atoms with E-state index in [1.54, 1.807) is 0 Å². The second-order valence-corrected chi connectivity index (χ2v) is 6.38. The third-order valence-corrected chi connectivity index (χ3v) is 4.71. The molecule has 1 aromatic heterocycles. The third-order valence-electron chi connectivity index (χ3n) is 4.71. The number of piperidine rings is 1. The summed E-state index contributed by atoms with van der Waals surface area (Å²) in [7, 11) is 1.95. The molecule has 1 aromatic rings. The summed E-state index contributed by atoms with van der Waals surface area (Å²) in [5.41, 5.74) is 3.39. The third kappa shape index (κ3) is 3.64. The number of hydrogen-bond acceptors (Lipinski definition) is 3. The lowest BCUT2D eigenvalue weighted by atomic mass is 9.96. The van der Waals surface area contributed by atoms with E-state index in [2.05, 4.69) is 29.6 Å². The molecule has 0 bridgehead atoms. The molecule has 1 saturated heterocycles. The molecule has 2 heterocycles. The fourth-order valence-corrected chi connectivity index (χ4v) is 3.08. The highest BCUT2D eigenvalue weighted by molar-refractivity contribution is 5.79. The first-order valence-electron chi connectivity index (χ1n) is 7.93. The van der Waals surface area contributed by atoms with Crippen molar-refractivity contribution >= 4 is 5.91 Å². The minimum absolute atomic E-state index is 0.0271. The van der Waals surface area contributed by atoms with E-state index in [1.165, 1.54) is 5.56 Å². The van der Waals surface area contributed by atoms with Gasteiger partial charge in [-0.05, 0) is 52.1 Å². The SMILES string of the molecule is Cc1nn(C)c(C)c1CC(C)C(=O)NC1CCCNC1C. The Morgan fingerprint density at radius 1 is 1.52 bits per heavy atom. The number of nitrogens with one attached hydrogen (secondary N) is 2. The predicted octanol–water partition coefficient (Wildman–Crippen LogP) is 1.47. The van der Waals surface area contributed by atoms with E-state index in [4.69, 9.17) is 0 Å². The van der Waals surface area contributed by atoms with Crippen LogP contribution in [0.5, 0.6) is 0 Å². The van der Waals surface area contributed by atoms with E-state index in [9.17, 15) is 4.79 Å². The number of aromatic nitrogens is 2. The van der Waals surface area contributed by atoms with Gasteiger partial charge in [-0.1, -0.05) is 6.92 Å². The Kier molecular flexibility index (Phi) is 5.04. The molecule has 0 aromatic carbocycles. The van der Waals surface area contributed by atoms with Gasteiger partial charge in [0.05, 0.1) is 5.69 Å². The van der Waals surface area contributed by atoms with Gasteiger partial charge in [-0.2, -0.15) is 5.10 Å². The van der Waals surface area contributed by atoms with Gasteiger partial charge in [0, 0.05) is 30.7 Å². The van der Waals surface area contributed by atoms with Crippen LogP contribution in [0.4, 0.5) is 0 Å². The Balaban J connectivity index is 1.96. The standard InChI is InChI=1S/C16H28N4O/c1-10(9-14-11(2)19-20(5)13(14)4)16(21)18-15-7-6-8-17-12(15)3/h10,12,15,17H,6-9H2,1-5H3,(H,18,21). The lowest BCUT2D eigenvalue weighted by molar-refractivity contribution is -0.125. The number of carbonyl (C=O) groups is 1. The van der Waals surface area contributed by atoms with E-state index in [1.807, 2.05) is 25.6 Å². The van der Waals surface area contributed by atoms with Crippen LogP contribution in [0.1, 0.15) is 43.6 Å². The summed E-state index contributed by atoms with van der Waals surface area (Å²) >= 11 is 0. The average molecular weight is 292 g/mol. The number of amides is 1. The molecule has 3 unspecified atom stereocenters. The number of carbonyl (C=O) groups excluding carboxylic acids is 1. The van der Waals surface area contributed by atoms with Crippen molar-refractivity contribution in [3.05, 3.63) is 17.0 Å². The van der Waals surface area contributed by atoms with E-state index in [0.29, 0.717) is 6.04 Å². The Morgan fingerprint density at radius 2 is 2.24 bits per heavy atom. The fraction of sp³-hybridized carbons (Fsp3) is 0.750. The maximum absolute atomic E-state index is 12.4. The molecule has 1 aliphatic rings. The smallest absolute Gasteiger partial charge is 0.223 e. The molecule has 0 saturated carbocycles. The van der Waals surface area contributed by atoms with Crippen molar-refractivity contribution in [2.75, 3.05) is 6.54 Å². The molecule has 1 fully saturated rings. The molecule has 0 spiro atoms. The molecule has 0 aliphatic carbocycles. The van der Waals surface area contributed by atoms with E-state index in [-0.39, 0.29) is 17.9 Å². The van der Waals surface area contributed by atoms with Crippen LogP contribution in [0.15, 0.2) is 0 Å². The van der Waals surface area contributed by atoms with Crippen LogP contribution in [0.25, 0.3) is 0 Å². The normalized spacial score (nSPS) is 23.9. The van der Waals surface area contributed by atoms with Crippen LogP contribution in [0.2, 0.25) is 0 Å². The topological polar surface area (TPSA) is 59.0 Å². The highest BCUT2D eigenvalue weighted by Crippen LogP contribution is 2.18. The summed E-state index contributed by atoms with van der Waals surface area (Å²) < 4.78 is 1.89. The summed E-state index contributed by atoms with van der Waals surface area (Å²) in [4.78, 5) is 12.4. The van der Waals surface area contributed by atoms with Crippen molar-refractivity contribution in [3.8, 4) is 0 Å². The van der Waals surface area contributed by atoms with Crippen molar-refractivity contribution in [2.45, 2.75) is 59.0 Å². The molecule has 5 nitrogen and oxygen atoms in total. The highest BCUT2D eigenvalue weighted by Gasteiger charge is 2.25. The second-order valence-electron chi connectivity index (χ2n) is 6.38. The first kappa shape index (κ1) is 16.0. The van der Waals surface area contributed by atoms with Crippen LogP contribution < -0.4 is 10.6 Å². The van der Waals surface area contributed by atoms with Crippen LogP contribution in [-0.4, -0.2) is 34.3 Å². The zero-order chi connectivity index (χ0) is 15.6. The summed E-state index contributed by atoms with van der Waals surface area (Å²) in [5, 5.41) is 11.1. The van der Waals surface area contributed by atoms with Gasteiger partial charge in [-0.25, -0.2) is 0 Å². The Morgan fingerprint density at radius 3 is 2.81 bits per heavy atom. The van der Waals surface area contributed by atoms with Gasteiger partial charge >= 0.3 is 0 Å². The zero-order valence-electron chi connectivity index (χ0n) is 13.9. The van der Waals surface area contributed by atoms with Crippen molar-refractivity contribution in [1.29, 1.82) is 0 Å². The molecule has 118 valence electrons. The van der Waals surface area contributed by atoms with Crippen LogP contribution in [-0.2, 0) is 18.3 Å². The maximum Gasteiger partial charge on any atom is 0.223 e. The van der Waals surface area contributed by atoms with Crippen molar-refractivity contribution in [3.63, 3.8) is 0 Å². The molecule has 1 aliphatic heterocycles. The van der Waals surface area contributed by atoms with Crippen molar-refractivity contribution < 1.29 is 4.79 Å². The largest absolute Gasteiger partial charge is 0.352 e. The zero-order valence-corrected chi connectivity index (χ0v) is 13.9. The quantitative estimate of drug-likeness (QED) is 0.883. The lowest BCUT2D eigenvalue weighted by Gasteiger charge is -2.31. The van der Waals surface area contributed by atoms with Gasteiger partial charge in [0.15, 0.2) is 0 Å². The van der Waals surface area contributed by atoms with Gasteiger partial charge in [0.2, 0.25) is 5.91 Å². The molecular formula is C16H28N4O. The number of rotatable bonds is 4. The molecule has 0 radical (unpaired) electrons. The van der Waals surface area contributed by atoms with Crippen LogP contribution in [0, 0.1) is 19.8 Å². The first-order valence-corrected chi connectivity index (χ1v) is 7.93. The van der Waals surface area contributed by atoms with Crippen LogP contribution >= 0.6 is 0 Å². The monoisotopic (exact) mass is 292 g/mol. The van der Waals surface area contributed by atoms with Crippen LogP contribution in [0.3, 0.4) is 0 Å². The summed E-state index contributed by atoms with van der Waals surface area (Å²) in [6.45, 7) is 9.27. The van der Waals surface area contributed by atoms with Crippen molar-refractivity contribution in [1.82, 2.24) is 20.4 Å². The first-order chi connectivity index (χ1) is 9.90. The van der Waals surface area contributed by atoms with Gasteiger partial charge in [0.1, 0.15) is 0 Å². The molecule has 5 heteroatoms.